The third kappa shape index (κ3) is 7.77. The zero-order chi connectivity index (χ0) is 35.7. The first-order chi connectivity index (χ1) is 24.6. The number of hydrogen-bond acceptors (Lipinski definition) is 3. The van der Waals surface area contributed by atoms with E-state index in [-0.39, 0.29) is 25.9 Å². The van der Waals surface area contributed by atoms with Crippen LogP contribution in [0.3, 0.4) is 0 Å². The first-order valence-electron chi connectivity index (χ1n) is 17.2. The van der Waals surface area contributed by atoms with Crippen molar-refractivity contribution in [3.8, 4) is 44.8 Å². The fourth-order valence-electron chi connectivity index (χ4n) is 6.87. The van der Waals surface area contributed by atoms with E-state index in [1.807, 2.05) is 42.6 Å². The van der Waals surface area contributed by atoms with Gasteiger partial charge in [0.2, 0.25) is 0 Å². The van der Waals surface area contributed by atoms with Crippen LogP contribution >= 0.6 is 11.3 Å². The molecule has 8 rings (SSSR count). The molecule has 3 heterocycles. The van der Waals surface area contributed by atoms with Crippen molar-refractivity contribution in [2.24, 2.45) is 0 Å². The number of fused-ring (bicyclic) bond motifs is 3. The summed E-state index contributed by atoms with van der Waals surface area (Å²) in [6.07, 6.45) is 3.94. The van der Waals surface area contributed by atoms with E-state index >= 15 is 0 Å². The van der Waals surface area contributed by atoms with Crippen LogP contribution < -0.4 is 5.19 Å². The number of hydrogen-bond donors (Lipinski definition) is 0. The van der Waals surface area contributed by atoms with E-state index in [9.17, 15) is 4.39 Å². The van der Waals surface area contributed by atoms with Gasteiger partial charge >= 0.3 is 0 Å². The summed E-state index contributed by atoms with van der Waals surface area (Å²) in [7, 11) is -1.46. The minimum Gasteiger partial charge on any atom is -0.305 e. The van der Waals surface area contributed by atoms with Crippen molar-refractivity contribution in [1.29, 1.82) is 0 Å². The van der Waals surface area contributed by atoms with Crippen LogP contribution in [0.5, 0.6) is 0 Å². The molecule has 5 aromatic carbocycles. The second kappa shape index (κ2) is 15.6. The predicted octanol–water partition coefficient (Wildman–Crippen LogP) is 12.4. The molecule has 0 aliphatic rings. The third-order valence-electron chi connectivity index (χ3n) is 9.16. The maximum atomic E-state index is 13.8. The Morgan fingerprint density at radius 3 is 2.13 bits per heavy atom. The largest absolute Gasteiger partial charge is 0.305 e. The van der Waals surface area contributed by atoms with E-state index in [2.05, 4.69) is 130 Å². The van der Waals surface area contributed by atoms with Gasteiger partial charge in [0.05, 0.1) is 8.07 Å². The predicted molar refractivity (Wildman–Crippen MR) is 218 cm³/mol. The molecule has 0 unspecified atom stereocenters. The fraction of sp³-hybridized carbons (Fsp3) is 0.130. The van der Waals surface area contributed by atoms with Gasteiger partial charge in [-0.2, -0.15) is 11.3 Å². The van der Waals surface area contributed by atoms with Crippen molar-refractivity contribution in [2.45, 2.75) is 40.4 Å². The molecule has 52 heavy (non-hydrogen) atoms. The molecule has 0 atom stereocenters. The maximum Gasteiger partial charge on any atom is 0.123 e. The van der Waals surface area contributed by atoms with Crippen LogP contribution in [0.1, 0.15) is 16.7 Å². The monoisotopic (exact) mass is 891 g/mol. The molecule has 3 aromatic heterocycles. The molecule has 1 radical (unpaired) electrons. The Morgan fingerprint density at radius 2 is 1.42 bits per heavy atom. The summed E-state index contributed by atoms with van der Waals surface area (Å²) in [6.45, 7) is 13.5. The number of benzene rings is 5. The van der Waals surface area contributed by atoms with E-state index in [4.69, 9.17) is 4.98 Å². The molecular formula is C46H39FIrN2SSi-2. The molecule has 2 nitrogen and oxygen atoms in total. The standard InChI is InChI=1S/C26H19FNS.C20H20NSi.Ir/c1-15-11-16(2)25(17(3)12-15)18-9-10-28-23(13-18)21-6-4-5-20-22-14-19(27)7-8-24(22)29-26(20)21;1-22(2,3)20-15-21-19(17-12-8-5-9-13-17)14-18(20)16-10-6-4-7-11-16;/h4-5,7-14H,1-3H3;4-12,14-15H,1-3H3;/q2*-1;. The van der Waals surface area contributed by atoms with Crippen molar-refractivity contribution in [1.82, 2.24) is 9.97 Å². The summed E-state index contributed by atoms with van der Waals surface area (Å²) in [5.74, 6) is -0.211. The number of aromatic nitrogens is 2. The van der Waals surface area contributed by atoms with Crippen LogP contribution in [0, 0.1) is 38.7 Å². The van der Waals surface area contributed by atoms with Crippen molar-refractivity contribution in [3.05, 3.63) is 162 Å². The summed E-state index contributed by atoms with van der Waals surface area (Å²) in [5.41, 5.74) is 12.7. The molecule has 0 saturated heterocycles. The summed E-state index contributed by atoms with van der Waals surface area (Å²) >= 11 is 1.66. The number of thiophene rings is 1. The van der Waals surface area contributed by atoms with E-state index in [0.717, 1.165) is 48.3 Å². The van der Waals surface area contributed by atoms with Crippen LogP contribution in [0.25, 0.3) is 64.9 Å². The number of rotatable bonds is 5. The minimum atomic E-state index is -1.46. The second-order valence-electron chi connectivity index (χ2n) is 14.0. The minimum absolute atomic E-state index is 0. The van der Waals surface area contributed by atoms with Crippen LogP contribution in [-0.2, 0) is 20.1 Å². The van der Waals surface area contributed by atoms with Gasteiger partial charge in [-0.15, -0.1) is 59.7 Å². The average molecular weight is 891 g/mol. The Balaban J connectivity index is 0.000000182. The molecule has 0 saturated carbocycles. The number of pyridine rings is 2. The average Bonchev–Trinajstić information content (AvgIpc) is 3.50. The van der Waals surface area contributed by atoms with Crippen molar-refractivity contribution >= 4 is 44.8 Å². The molecule has 8 aromatic rings. The molecule has 261 valence electrons. The van der Waals surface area contributed by atoms with Crippen molar-refractivity contribution in [3.63, 3.8) is 0 Å². The van der Waals surface area contributed by atoms with Gasteiger partial charge in [0.1, 0.15) is 5.82 Å². The van der Waals surface area contributed by atoms with Crippen molar-refractivity contribution < 1.29 is 24.5 Å². The zero-order valence-corrected chi connectivity index (χ0v) is 34.3. The van der Waals surface area contributed by atoms with Crippen LogP contribution in [-0.4, -0.2) is 18.0 Å². The molecule has 0 aliphatic carbocycles. The Kier molecular flexibility index (Phi) is 11.1. The fourth-order valence-corrected chi connectivity index (χ4v) is 9.54. The Hall–Kier alpha value is -4.58. The van der Waals surface area contributed by atoms with E-state index in [0.29, 0.717) is 0 Å². The topological polar surface area (TPSA) is 25.8 Å². The van der Waals surface area contributed by atoms with Gasteiger partial charge in [0.25, 0.3) is 0 Å². The maximum absolute atomic E-state index is 13.8. The van der Waals surface area contributed by atoms with Gasteiger partial charge in [-0.1, -0.05) is 85.2 Å². The molecule has 0 aliphatic heterocycles. The summed E-state index contributed by atoms with van der Waals surface area (Å²) < 4.78 is 16.0. The smallest absolute Gasteiger partial charge is 0.123 e. The number of halogens is 1. The third-order valence-corrected chi connectivity index (χ3v) is 12.4. The Bertz CT molecular complexity index is 2480. The van der Waals surface area contributed by atoms with Crippen LogP contribution in [0.15, 0.2) is 128 Å². The number of nitrogens with zero attached hydrogens (tertiary/aromatic N) is 2. The second-order valence-corrected chi connectivity index (χ2v) is 20.1. The molecular weight excluding hydrogens is 852 g/mol. The quantitative estimate of drug-likeness (QED) is 0.127. The molecule has 0 bridgehead atoms. The van der Waals surface area contributed by atoms with Gasteiger partial charge in [0, 0.05) is 37.2 Å². The van der Waals surface area contributed by atoms with Gasteiger partial charge in [-0.05, 0) is 105 Å². The van der Waals surface area contributed by atoms with Gasteiger partial charge in [0.15, 0.2) is 0 Å². The summed E-state index contributed by atoms with van der Waals surface area (Å²) in [6, 6.07) is 45.0. The molecule has 6 heteroatoms. The molecule has 0 amide bonds. The summed E-state index contributed by atoms with van der Waals surface area (Å²) in [5, 5.41) is 3.40. The first-order valence-corrected chi connectivity index (χ1v) is 21.5. The van der Waals surface area contributed by atoms with E-state index in [1.54, 1.807) is 17.4 Å². The summed E-state index contributed by atoms with van der Waals surface area (Å²) in [4.78, 5) is 9.36. The SMILES string of the molecule is C[Si](C)(C)c1cnc(-c2[c-]cccc2)cc1-c1ccccc1.Cc1cc(C)c(-c2ccnc(-c3[c-]ccc4c3sc3ccc(F)cc34)c2)c(C)c1.[Ir]. The first kappa shape index (κ1) is 37.2. The van der Waals surface area contributed by atoms with Crippen molar-refractivity contribution in [2.75, 3.05) is 0 Å². The molecule has 0 fully saturated rings. The van der Waals surface area contributed by atoms with Gasteiger partial charge in [-0.25, -0.2) is 4.39 Å². The van der Waals surface area contributed by atoms with Crippen LogP contribution in [0.2, 0.25) is 19.6 Å². The molecule has 0 N–H and O–H groups in total. The Labute approximate surface area is 324 Å². The van der Waals surface area contributed by atoms with Gasteiger partial charge < -0.3 is 9.97 Å². The Morgan fingerprint density at radius 1 is 0.673 bits per heavy atom. The van der Waals surface area contributed by atoms with E-state index in [1.165, 1.54) is 44.6 Å². The van der Waals surface area contributed by atoms with Crippen LogP contribution in [0.4, 0.5) is 4.39 Å². The molecule has 0 spiro atoms. The number of aryl methyl sites for hydroxylation is 3. The van der Waals surface area contributed by atoms with Gasteiger partial charge in [-0.3, -0.25) is 0 Å². The zero-order valence-electron chi connectivity index (χ0n) is 30.1. The van der Waals surface area contributed by atoms with E-state index < -0.39 is 8.07 Å². The normalized spacial score (nSPS) is 11.2.